The number of hydrogen-bond donors (Lipinski definition) is 2. The van der Waals surface area contributed by atoms with E-state index in [1.807, 2.05) is 0 Å². The van der Waals surface area contributed by atoms with Gasteiger partial charge in [-0.1, -0.05) is 6.07 Å². The summed E-state index contributed by atoms with van der Waals surface area (Å²) in [6.07, 6.45) is 0. The van der Waals surface area contributed by atoms with Crippen molar-refractivity contribution in [2.45, 2.75) is 0 Å². The Morgan fingerprint density at radius 1 is 1.29 bits per heavy atom. The average molecular weight is 194 g/mol. The van der Waals surface area contributed by atoms with Gasteiger partial charge in [-0.05, 0) is 17.3 Å². The molecule has 6 heteroatoms. The highest BCUT2D eigenvalue weighted by Crippen LogP contribution is 2.24. The number of hydrogen-bond acceptors (Lipinski definition) is 5. The Morgan fingerprint density at radius 3 is 2.71 bits per heavy atom. The van der Waals surface area contributed by atoms with E-state index in [2.05, 4.69) is 10.1 Å². The van der Waals surface area contributed by atoms with Gasteiger partial charge < -0.3 is 16.0 Å². The molecule has 0 spiro atoms. The van der Waals surface area contributed by atoms with Crippen LogP contribution in [-0.2, 0) is 0 Å². The third kappa shape index (κ3) is 1.26. The lowest BCUT2D eigenvalue weighted by Crippen LogP contribution is -1.93. The van der Waals surface area contributed by atoms with Crippen LogP contribution in [-0.4, -0.2) is 10.1 Å². The molecular weight excluding hydrogens is 187 g/mol. The molecule has 0 aliphatic carbocycles. The van der Waals surface area contributed by atoms with Crippen LogP contribution >= 0.6 is 0 Å². The summed E-state index contributed by atoms with van der Waals surface area (Å²) in [6, 6.07) is 4.52. The van der Waals surface area contributed by atoms with Crippen molar-refractivity contribution in [2.75, 3.05) is 11.5 Å². The van der Waals surface area contributed by atoms with Gasteiger partial charge in [0.05, 0.1) is 11.3 Å². The highest BCUT2D eigenvalue weighted by molar-refractivity contribution is 5.61. The number of nitrogens with zero attached hydrogens (tertiary/aromatic N) is 2. The van der Waals surface area contributed by atoms with E-state index in [0.717, 1.165) is 0 Å². The molecule has 0 saturated heterocycles. The lowest BCUT2D eigenvalue weighted by atomic mass is 10.2. The van der Waals surface area contributed by atoms with Crippen molar-refractivity contribution in [3.8, 4) is 11.5 Å². The molecule has 5 nitrogen and oxygen atoms in total. The summed E-state index contributed by atoms with van der Waals surface area (Å²) in [5, 5.41) is 3.35. The first-order valence-corrected chi connectivity index (χ1v) is 3.82. The van der Waals surface area contributed by atoms with Gasteiger partial charge in [-0.3, -0.25) is 0 Å². The summed E-state index contributed by atoms with van der Waals surface area (Å²) in [7, 11) is 0. The Balaban J connectivity index is 2.57. The van der Waals surface area contributed by atoms with Crippen LogP contribution in [0.2, 0.25) is 0 Å². The Hall–Kier alpha value is -2.11. The van der Waals surface area contributed by atoms with Crippen LogP contribution in [0.5, 0.6) is 0 Å². The van der Waals surface area contributed by atoms with Crippen LogP contribution in [0.4, 0.5) is 16.0 Å². The van der Waals surface area contributed by atoms with Crippen LogP contribution in [0.1, 0.15) is 0 Å². The number of nitrogens with two attached hydrogens (primary N) is 2. The topological polar surface area (TPSA) is 91.0 Å². The maximum Gasteiger partial charge on any atom is 0.262 e. The first kappa shape index (κ1) is 8.49. The van der Waals surface area contributed by atoms with Gasteiger partial charge in [-0.25, -0.2) is 4.39 Å². The molecule has 0 aliphatic heterocycles. The third-order valence-corrected chi connectivity index (χ3v) is 1.70. The van der Waals surface area contributed by atoms with Crippen LogP contribution in [0.25, 0.3) is 11.5 Å². The molecule has 1 aromatic heterocycles. The molecule has 72 valence electrons. The van der Waals surface area contributed by atoms with Gasteiger partial charge in [0.2, 0.25) is 0 Å². The molecule has 0 unspecified atom stereocenters. The first-order valence-electron chi connectivity index (χ1n) is 3.82. The lowest BCUT2D eigenvalue weighted by molar-refractivity contribution is 0.430. The molecule has 0 radical (unpaired) electrons. The van der Waals surface area contributed by atoms with Gasteiger partial charge in [0.1, 0.15) is 0 Å². The van der Waals surface area contributed by atoms with Crippen molar-refractivity contribution in [3.05, 3.63) is 24.0 Å². The highest BCUT2D eigenvalue weighted by Gasteiger charge is 2.13. The fourth-order valence-electron chi connectivity index (χ4n) is 1.06. The minimum Gasteiger partial charge on any atom is -0.396 e. The summed E-state index contributed by atoms with van der Waals surface area (Å²) >= 11 is 0. The van der Waals surface area contributed by atoms with E-state index in [0.29, 0.717) is 0 Å². The zero-order valence-corrected chi connectivity index (χ0v) is 7.07. The van der Waals surface area contributed by atoms with E-state index < -0.39 is 5.82 Å². The SMILES string of the molecule is Nc1noc(-c2cccc(N)c2F)n1. The van der Waals surface area contributed by atoms with Crippen LogP contribution in [0.3, 0.4) is 0 Å². The van der Waals surface area contributed by atoms with Gasteiger partial charge in [0.25, 0.3) is 11.8 Å². The molecule has 0 saturated carbocycles. The fraction of sp³-hybridized carbons (Fsp3) is 0. The number of nitrogen functional groups attached to an aromatic ring is 2. The van der Waals surface area contributed by atoms with E-state index in [1.165, 1.54) is 12.1 Å². The Labute approximate surface area is 78.5 Å². The van der Waals surface area contributed by atoms with Gasteiger partial charge >= 0.3 is 0 Å². The molecule has 4 N–H and O–H groups in total. The molecule has 0 bridgehead atoms. The molecule has 1 aromatic carbocycles. The molecule has 1 heterocycles. The van der Waals surface area contributed by atoms with Crippen LogP contribution < -0.4 is 11.5 Å². The van der Waals surface area contributed by atoms with Crippen LogP contribution in [0, 0.1) is 5.82 Å². The average Bonchev–Trinajstić information content (AvgIpc) is 2.57. The van der Waals surface area contributed by atoms with Gasteiger partial charge in [-0.2, -0.15) is 4.98 Å². The molecule has 0 amide bonds. The van der Waals surface area contributed by atoms with Crippen molar-refractivity contribution in [3.63, 3.8) is 0 Å². The quantitative estimate of drug-likeness (QED) is 0.662. The number of benzene rings is 1. The molecule has 2 aromatic rings. The molecule has 0 aliphatic rings. The zero-order valence-electron chi connectivity index (χ0n) is 7.07. The second-order valence-corrected chi connectivity index (χ2v) is 2.67. The third-order valence-electron chi connectivity index (χ3n) is 1.70. The van der Waals surface area contributed by atoms with E-state index >= 15 is 0 Å². The van der Waals surface area contributed by atoms with E-state index in [4.69, 9.17) is 16.0 Å². The van der Waals surface area contributed by atoms with Crippen molar-refractivity contribution >= 4 is 11.6 Å². The Bertz CT molecular complexity index is 468. The monoisotopic (exact) mass is 194 g/mol. The largest absolute Gasteiger partial charge is 0.396 e. The van der Waals surface area contributed by atoms with E-state index in [9.17, 15) is 4.39 Å². The smallest absolute Gasteiger partial charge is 0.262 e. The predicted molar refractivity (Wildman–Crippen MR) is 48.5 cm³/mol. The Morgan fingerprint density at radius 2 is 2.07 bits per heavy atom. The summed E-state index contributed by atoms with van der Waals surface area (Å²) < 4.78 is 18.1. The molecule has 0 fully saturated rings. The maximum atomic E-state index is 13.4. The van der Waals surface area contributed by atoms with Gasteiger partial charge in [0.15, 0.2) is 5.82 Å². The van der Waals surface area contributed by atoms with Crippen molar-refractivity contribution in [1.82, 2.24) is 10.1 Å². The number of halogens is 1. The number of anilines is 2. The second kappa shape index (κ2) is 2.99. The summed E-state index contributed by atoms with van der Waals surface area (Å²) in [5.74, 6) is -0.606. The van der Waals surface area contributed by atoms with E-state index in [1.54, 1.807) is 6.07 Å². The highest BCUT2D eigenvalue weighted by atomic mass is 19.1. The van der Waals surface area contributed by atoms with Crippen molar-refractivity contribution in [2.24, 2.45) is 0 Å². The standard InChI is InChI=1S/C8H7FN4O/c9-6-4(2-1-3-5(6)10)7-12-8(11)13-14-7/h1-3H,10H2,(H2,11,13). The molecular formula is C8H7FN4O. The summed E-state index contributed by atoms with van der Waals surface area (Å²) in [5.41, 5.74) is 10.8. The van der Waals surface area contributed by atoms with E-state index in [-0.39, 0.29) is 23.1 Å². The molecule has 2 rings (SSSR count). The molecule has 0 atom stereocenters. The fourth-order valence-corrected chi connectivity index (χ4v) is 1.06. The molecule has 14 heavy (non-hydrogen) atoms. The number of rotatable bonds is 1. The Kier molecular flexibility index (Phi) is 1.81. The summed E-state index contributed by atoms with van der Waals surface area (Å²) in [6.45, 7) is 0. The minimum absolute atomic E-state index is 0.0206. The lowest BCUT2D eigenvalue weighted by Gasteiger charge is -1.99. The minimum atomic E-state index is -0.587. The van der Waals surface area contributed by atoms with Crippen molar-refractivity contribution in [1.29, 1.82) is 0 Å². The van der Waals surface area contributed by atoms with Gasteiger partial charge in [0, 0.05) is 0 Å². The summed E-state index contributed by atoms with van der Waals surface area (Å²) in [4.78, 5) is 3.69. The second-order valence-electron chi connectivity index (χ2n) is 2.67. The maximum absolute atomic E-state index is 13.4. The predicted octanol–water partition coefficient (Wildman–Crippen LogP) is 1.04. The van der Waals surface area contributed by atoms with Crippen molar-refractivity contribution < 1.29 is 8.91 Å². The van der Waals surface area contributed by atoms with Gasteiger partial charge in [-0.15, -0.1) is 0 Å². The first-order chi connectivity index (χ1) is 6.68. The van der Waals surface area contributed by atoms with Crippen LogP contribution in [0.15, 0.2) is 22.7 Å². The zero-order chi connectivity index (χ0) is 10.1. The normalized spacial score (nSPS) is 10.4. The number of aromatic nitrogens is 2.